The minimum Gasteiger partial charge on any atom is -0.435 e. The van der Waals surface area contributed by atoms with Gasteiger partial charge in [-0.25, -0.2) is 9.37 Å². The van der Waals surface area contributed by atoms with Gasteiger partial charge in [0.1, 0.15) is 17.2 Å². The summed E-state index contributed by atoms with van der Waals surface area (Å²) in [6.45, 7) is -3.04. The molecule has 3 heterocycles. The Morgan fingerprint density at radius 1 is 1.25 bits per heavy atom. The first-order valence-electron chi connectivity index (χ1n) is 9.64. The van der Waals surface area contributed by atoms with Gasteiger partial charge in [0.15, 0.2) is 0 Å². The number of benzene rings is 1. The molecule has 1 aliphatic carbocycles. The van der Waals surface area contributed by atoms with Crippen molar-refractivity contribution in [3.63, 3.8) is 0 Å². The monoisotopic (exact) mass is 461 g/mol. The number of alkyl halides is 2. The summed E-state index contributed by atoms with van der Waals surface area (Å²) < 4.78 is 47.1. The highest BCUT2D eigenvalue weighted by atomic mass is 35.5. The van der Waals surface area contributed by atoms with E-state index in [-0.39, 0.29) is 28.9 Å². The normalized spacial score (nSPS) is 17.8. The minimum atomic E-state index is -3.04. The molecule has 10 heteroatoms. The molecular formula is C22H15ClF3N3O3. The van der Waals surface area contributed by atoms with E-state index in [9.17, 15) is 23.1 Å². The number of imidazole rings is 1. The van der Waals surface area contributed by atoms with E-state index in [1.807, 2.05) is 0 Å². The number of aliphatic hydroxyl groups excluding tert-OH is 1. The zero-order chi connectivity index (χ0) is 22.6. The molecule has 0 aliphatic heterocycles. The van der Waals surface area contributed by atoms with Gasteiger partial charge >= 0.3 is 6.61 Å². The van der Waals surface area contributed by atoms with Crippen molar-refractivity contribution in [1.29, 1.82) is 0 Å². The lowest BCUT2D eigenvalue weighted by atomic mass is 9.95. The van der Waals surface area contributed by atoms with Crippen LogP contribution in [0.1, 0.15) is 35.4 Å². The van der Waals surface area contributed by atoms with Gasteiger partial charge in [0.05, 0.1) is 17.5 Å². The SMILES string of the molecule is O=c1ccc(-c2cn3c4c(nc3cc2F)C(O)CC4c2cc(Cl)ccc2OC(F)F)c[nH]1. The van der Waals surface area contributed by atoms with E-state index in [2.05, 4.69) is 14.7 Å². The van der Waals surface area contributed by atoms with Crippen molar-refractivity contribution in [3.8, 4) is 16.9 Å². The molecule has 4 aromatic rings. The number of rotatable bonds is 4. The number of hydrogen-bond acceptors (Lipinski definition) is 4. The quantitative estimate of drug-likeness (QED) is 0.463. The van der Waals surface area contributed by atoms with E-state index in [1.165, 1.54) is 48.8 Å². The van der Waals surface area contributed by atoms with E-state index in [0.717, 1.165) is 0 Å². The zero-order valence-electron chi connectivity index (χ0n) is 16.2. The van der Waals surface area contributed by atoms with Crippen LogP contribution in [0.3, 0.4) is 0 Å². The van der Waals surface area contributed by atoms with Crippen LogP contribution in [0.5, 0.6) is 5.75 Å². The minimum absolute atomic E-state index is 0.0626. The van der Waals surface area contributed by atoms with Crippen LogP contribution in [0.4, 0.5) is 13.2 Å². The maximum atomic E-state index is 14.8. The van der Waals surface area contributed by atoms with Crippen LogP contribution in [0, 0.1) is 5.82 Å². The molecule has 164 valence electrons. The second kappa shape index (κ2) is 7.68. The highest BCUT2D eigenvalue weighted by molar-refractivity contribution is 6.30. The molecule has 0 spiro atoms. The third-order valence-corrected chi connectivity index (χ3v) is 5.77. The molecule has 32 heavy (non-hydrogen) atoms. The number of fused-ring (bicyclic) bond motifs is 3. The Bertz CT molecular complexity index is 1380. The molecule has 0 amide bonds. The van der Waals surface area contributed by atoms with E-state index in [1.54, 1.807) is 4.40 Å². The first kappa shape index (κ1) is 20.6. The van der Waals surface area contributed by atoms with Crippen LogP contribution in [0.2, 0.25) is 5.02 Å². The van der Waals surface area contributed by atoms with Gasteiger partial charge in [-0.1, -0.05) is 11.6 Å². The topological polar surface area (TPSA) is 79.6 Å². The summed E-state index contributed by atoms with van der Waals surface area (Å²) in [7, 11) is 0. The number of ether oxygens (including phenoxy) is 1. The van der Waals surface area contributed by atoms with E-state index >= 15 is 0 Å². The number of hydrogen-bond donors (Lipinski definition) is 2. The molecule has 2 N–H and O–H groups in total. The molecule has 0 saturated heterocycles. The van der Waals surface area contributed by atoms with Crippen molar-refractivity contribution < 1.29 is 23.0 Å². The van der Waals surface area contributed by atoms with Gasteiger partial charge in [-0.05, 0) is 30.7 Å². The average Bonchev–Trinajstić information content (AvgIpc) is 3.26. The average molecular weight is 462 g/mol. The van der Waals surface area contributed by atoms with Crippen molar-refractivity contribution in [2.75, 3.05) is 0 Å². The fourth-order valence-corrected chi connectivity index (χ4v) is 4.38. The number of pyridine rings is 2. The summed E-state index contributed by atoms with van der Waals surface area (Å²) in [5.74, 6) is -1.20. The number of H-pyrrole nitrogens is 1. The van der Waals surface area contributed by atoms with Crippen LogP contribution in [-0.4, -0.2) is 26.1 Å². The zero-order valence-corrected chi connectivity index (χ0v) is 17.0. The first-order valence-corrected chi connectivity index (χ1v) is 10.0. The molecule has 0 radical (unpaired) electrons. The maximum Gasteiger partial charge on any atom is 0.387 e. The Morgan fingerprint density at radius 2 is 2.06 bits per heavy atom. The summed E-state index contributed by atoms with van der Waals surface area (Å²) >= 11 is 6.12. The summed E-state index contributed by atoms with van der Waals surface area (Å²) in [5, 5.41) is 10.9. The summed E-state index contributed by atoms with van der Waals surface area (Å²) in [6, 6.07) is 8.28. The molecule has 3 aromatic heterocycles. The molecule has 0 bridgehead atoms. The summed E-state index contributed by atoms with van der Waals surface area (Å²) in [6.07, 6.45) is 2.09. The van der Waals surface area contributed by atoms with Crippen LogP contribution in [-0.2, 0) is 0 Å². The second-order valence-electron chi connectivity index (χ2n) is 7.45. The molecule has 2 unspecified atom stereocenters. The summed E-state index contributed by atoms with van der Waals surface area (Å²) in [5.41, 5.74) is 1.79. The largest absolute Gasteiger partial charge is 0.435 e. The number of halogens is 4. The summed E-state index contributed by atoms with van der Waals surface area (Å²) in [4.78, 5) is 18.2. The Hall–Kier alpha value is -3.30. The number of aliphatic hydroxyl groups is 1. The highest BCUT2D eigenvalue weighted by Gasteiger charge is 2.37. The van der Waals surface area contributed by atoms with Crippen LogP contribution in [0.25, 0.3) is 16.8 Å². The van der Waals surface area contributed by atoms with E-state index in [4.69, 9.17) is 11.6 Å². The lowest BCUT2D eigenvalue weighted by molar-refractivity contribution is -0.0506. The van der Waals surface area contributed by atoms with Gasteiger partial charge in [0.25, 0.3) is 0 Å². The van der Waals surface area contributed by atoms with Gasteiger partial charge < -0.3 is 19.2 Å². The molecule has 1 aromatic carbocycles. The number of aromatic nitrogens is 3. The first-order chi connectivity index (χ1) is 15.3. The third kappa shape index (κ3) is 3.43. The third-order valence-electron chi connectivity index (χ3n) is 5.54. The van der Waals surface area contributed by atoms with Gasteiger partial charge in [0.2, 0.25) is 5.56 Å². The Balaban J connectivity index is 1.71. The van der Waals surface area contributed by atoms with Crippen LogP contribution < -0.4 is 10.3 Å². The van der Waals surface area contributed by atoms with E-state index in [0.29, 0.717) is 27.5 Å². The number of nitrogens with zero attached hydrogens (tertiary/aromatic N) is 2. The number of nitrogens with one attached hydrogen (secondary N) is 1. The predicted octanol–water partition coefficient (Wildman–Crippen LogP) is 4.65. The molecule has 1 aliphatic rings. The second-order valence-corrected chi connectivity index (χ2v) is 7.89. The molecule has 2 atom stereocenters. The molecule has 0 fully saturated rings. The predicted molar refractivity (Wildman–Crippen MR) is 111 cm³/mol. The molecular weight excluding hydrogens is 447 g/mol. The fraction of sp³-hybridized carbons (Fsp3) is 0.182. The lowest BCUT2D eigenvalue weighted by Gasteiger charge is -2.18. The number of aromatic amines is 1. The van der Waals surface area contributed by atoms with Crippen molar-refractivity contribution in [3.05, 3.63) is 86.9 Å². The van der Waals surface area contributed by atoms with Crippen molar-refractivity contribution in [2.24, 2.45) is 0 Å². The van der Waals surface area contributed by atoms with Crippen LogP contribution in [0.15, 0.2) is 53.6 Å². The fourth-order valence-electron chi connectivity index (χ4n) is 4.20. The van der Waals surface area contributed by atoms with E-state index < -0.39 is 24.5 Å². The van der Waals surface area contributed by atoms with Crippen LogP contribution >= 0.6 is 11.6 Å². The Labute approximate surface area is 183 Å². The van der Waals surface area contributed by atoms with Crippen molar-refractivity contribution in [2.45, 2.75) is 25.1 Å². The lowest BCUT2D eigenvalue weighted by Crippen LogP contribution is -2.09. The Morgan fingerprint density at radius 3 is 2.78 bits per heavy atom. The van der Waals surface area contributed by atoms with Crippen molar-refractivity contribution in [1.82, 2.24) is 14.4 Å². The maximum absolute atomic E-state index is 14.8. The van der Waals surface area contributed by atoms with Gasteiger partial charge in [0, 0.05) is 52.2 Å². The van der Waals surface area contributed by atoms with Crippen molar-refractivity contribution >= 4 is 17.2 Å². The Kier molecular flexibility index (Phi) is 4.94. The van der Waals surface area contributed by atoms with Gasteiger partial charge in [-0.3, -0.25) is 4.79 Å². The molecule has 5 rings (SSSR count). The molecule has 0 saturated carbocycles. The highest BCUT2D eigenvalue weighted by Crippen LogP contribution is 2.47. The van der Waals surface area contributed by atoms with Gasteiger partial charge in [-0.2, -0.15) is 8.78 Å². The molecule has 6 nitrogen and oxygen atoms in total. The smallest absolute Gasteiger partial charge is 0.387 e. The van der Waals surface area contributed by atoms with Gasteiger partial charge in [-0.15, -0.1) is 0 Å². The standard InChI is InChI=1S/C22H15ClF3N3O3/c23-11-2-3-17(32-22(25)26)12(5-11)13-6-16(30)20-21(13)29-9-14(15(24)7-18(29)28-20)10-1-4-19(31)27-8-10/h1-5,7-9,13,16,22,30H,6H2,(H,27,31).